The van der Waals surface area contributed by atoms with Crippen LogP contribution in [0.3, 0.4) is 0 Å². The van der Waals surface area contributed by atoms with Crippen molar-refractivity contribution in [3.05, 3.63) is 0 Å². The molecule has 1 heterocycles. The van der Waals surface area contributed by atoms with Crippen molar-refractivity contribution in [3.8, 4) is 0 Å². The van der Waals surface area contributed by atoms with E-state index < -0.39 is 26.0 Å². The average Bonchev–Trinajstić information content (AvgIpc) is 2.06. The molecule has 0 bridgehead atoms. The number of carbonyl (C=O) groups is 2. The van der Waals surface area contributed by atoms with E-state index >= 15 is 0 Å². The molecule has 4 N–H and O–H groups in total. The van der Waals surface area contributed by atoms with Gasteiger partial charge in [-0.15, -0.1) is 0 Å². The molecule has 1 saturated heterocycles. The number of urea groups is 1. The summed E-state index contributed by atoms with van der Waals surface area (Å²) in [7, 11) is -4.75. The third kappa shape index (κ3) is 4.19. The molecule has 0 aliphatic carbocycles. The standard InChI is InChI=1S/C3H5N2O6P.Na.H/c6-1-2(5-3(7)4-1)11-12(8,9)10;;/h2H,(H2,8,9,10)(H2,4,5,6,7);;. The van der Waals surface area contributed by atoms with Gasteiger partial charge in [-0.05, 0) is 0 Å². The molecule has 10 heteroatoms. The summed E-state index contributed by atoms with van der Waals surface area (Å²) in [6.45, 7) is 0. The van der Waals surface area contributed by atoms with Gasteiger partial charge >= 0.3 is 43.4 Å². The quantitative estimate of drug-likeness (QED) is 0.234. The summed E-state index contributed by atoms with van der Waals surface area (Å²) < 4.78 is 14.1. The Morgan fingerprint density at radius 2 is 1.92 bits per heavy atom. The van der Waals surface area contributed by atoms with Crippen LogP contribution < -0.4 is 10.6 Å². The number of amides is 3. The van der Waals surface area contributed by atoms with Crippen molar-refractivity contribution in [2.45, 2.75) is 6.23 Å². The van der Waals surface area contributed by atoms with E-state index in [2.05, 4.69) is 4.52 Å². The molecule has 0 spiro atoms. The second kappa shape index (κ2) is 4.52. The normalized spacial score (nSPS) is 21.8. The average molecular weight is 220 g/mol. The first-order chi connectivity index (χ1) is 5.38. The Balaban J connectivity index is 0.00000144. The minimum absolute atomic E-state index is 0. The monoisotopic (exact) mass is 220 g/mol. The van der Waals surface area contributed by atoms with Crippen molar-refractivity contribution < 1.29 is 28.5 Å². The Bertz CT molecular complexity index is 275. The molecule has 1 aliphatic heterocycles. The van der Waals surface area contributed by atoms with Gasteiger partial charge in [0.05, 0.1) is 0 Å². The first kappa shape index (κ1) is 13.1. The number of rotatable bonds is 2. The first-order valence-corrected chi connectivity index (χ1v) is 4.27. The van der Waals surface area contributed by atoms with Crippen molar-refractivity contribution in [1.82, 2.24) is 10.6 Å². The number of nitrogens with one attached hydrogen (secondary N) is 2. The van der Waals surface area contributed by atoms with Crippen molar-refractivity contribution in [3.63, 3.8) is 0 Å². The maximum absolute atomic E-state index is 10.6. The van der Waals surface area contributed by atoms with Crippen LogP contribution in [0, 0.1) is 0 Å². The predicted molar refractivity (Wildman–Crippen MR) is 40.7 cm³/mol. The summed E-state index contributed by atoms with van der Waals surface area (Å²) in [6.07, 6.45) is -1.61. The maximum atomic E-state index is 10.6. The topological polar surface area (TPSA) is 125 Å². The van der Waals surface area contributed by atoms with Gasteiger partial charge in [0, 0.05) is 0 Å². The Morgan fingerprint density at radius 3 is 2.23 bits per heavy atom. The summed E-state index contributed by atoms with van der Waals surface area (Å²) >= 11 is 0. The molecular weight excluding hydrogens is 214 g/mol. The molecule has 1 aliphatic rings. The summed E-state index contributed by atoms with van der Waals surface area (Å²) in [6, 6.07) is -0.849. The molecule has 3 amide bonds. The van der Waals surface area contributed by atoms with E-state index in [4.69, 9.17) is 9.79 Å². The van der Waals surface area contributed by atoms with Gasteiger partial charge in [-0.25, -0.2) is 9.36 Å². The molecule has 13 heavy (non-hydrogen) atoms. The summed E-state index contributed by atoms with van der Waals surface area (Å²) in [5.74, 6) is -0.927. The molecule has 0 aromatic heterocycles. The number of hydrogen-bond acceptors (Lipinski definition) is 4. The zero-order chi connectivity index (χ0) is 9.35. The van der Waals surface area contributed by atoms with Gasteiger partial charge in [0.15, 0.2) is 0 Å². The number of phosphoric acid groups is 1. The van der Waals surface area contributed by atoms with Gasteiger partial charge in [0.1, 0.15) is 0 Å². The summed E-state index contributed by atoms with van der Waals surface area (Å²) in [5, 5.41) is 3.58. The van der Waals surface area contributed by atoms with Crippen LogP contribution in [0.2, 0.25) is 0 Å². The fourth-order valence-corrected chi connectivity index (χ4v) is 1.03. The molecule has 0 saturated carbocycles. The molecular formula is C3H6N2NaO6P. The van der Waals surface area contributed by atoms with E-state index in [-0.39, 0.29) is 29.6 Å². The number of carbonyl (C=O) groups excluding carboxylic acids is 2. The summed E-state index contributed by atoms with van der Waals surface area (Å²) in [5.41, 5.74) is 0. The molecule has 1 rings (SSSR count). The second-order valence-corrected chi connectivity index (χ2v) is 3.13. The van der Waals surface area contributed by atoms with Crippen LogP contribution in [0.4, 0.5) is 4.79 Å². The summed E-state index contributed by atoms with van der Waals surface area (Å²) in [4.78, 5) is 37.5. The predicted octanol–water partition coefficient (Wildman–Crippen LogP) is -2.39. The number of phosphoric ester groups is 1. The van der Waals surface area contributed by atoms with Gasteiger partial charge in [0.2, 0.25) is 6.23 Å². The van der Waals surface area contributed by atoms with Crippen molar-refractivity contribution in [1.29, 1.82) is 0 Å². The Hall–Kier alpha value is 0.0500. The van der Waals surface area contributed by atoms with Gasteiger partial charge in [-0.2, -0.15) is 0 Å². The van der Waals surface area contributed by atoms with E-state index in [1.54, 1.807) is 5.32 Å². The van der Waals surface area contributed by atoms with Gasteiger partial charge < -0.3 is 15.1 Å². The second-order valence-electron chi connectivity index (χ2n) is 1.94. The molecule has 0 aromatic rings. The van der Waals surface area contributed by atoms with Crippen LogP contribution in [-0.2, 0) is 13.9 Å². The Morgan fingerprint density at radius 1 is 1.38 bits per heavy atom. The number of imide groups is 1. The van der Waals surface area contributed by atoms with Crippen LogP contribution in [0.25, 0.3) is 0 Å². The molecule has 1 atom stereocenters. The number of hydrogen-bond donors (Lipinski definition) is 4. The molecule has 0 radical (unpaired) electrons. The van der Waals surface area contributed by atoms with E-state index in [0.29, 0.717) is 0 Å². The SMILES string of the molecule is O=C1NC(=O)C(OP(=O)(O)O)N1.[NaH]. The molecule has 1 unspecified atom stereocenters. The van der Waals surface area contributed by atoms with E-state index in [1.807, 2.05) is 5.32 Å². The minimum atomic E-state index is -4.75. The first-order valence-electron chi connectivity index (χ1n) is 2.74. The van der Waals surface area contributed by atoms with Crippen molar-refractivity contribution >= 4 is 49.3 Å². The fraction of sp³-hybridized carbons (Fsp3) is 0.333. The Kier molecular flexibility index (Phi) is 4.53. The van der Waals surface area contributed by atoms with Crippen LogP contribution in [0.1, 0.15) is 0 Å². The Labute approximate surface area is 94.6 Å². The molecule has 0 aromatic carbocycles. The molecule has 8 nitrogen and oxygen atoms in total. The molecule has 70 valence electrons. The van der Waals surface area contributed by atoms with E-state index in [1.165, 1.54) is 0 Å². The van der Waals surface area contributed by atoms with Gasteiger partial charge in [-0.1, -0.05) is 0 Å². The van der Waals surface area contributed by atoms with E-state index in [9.17, 15) is 14.2 Å². The van der Waals surface area contributed by atoms with Gasteiger partial charge in [0.25, 0.3) is 5.91 Å². The van der Waals surface area contributed by atoms with Crippen molar-refractivity contribution in [2.75, 3.05) is 0 Å². The third-order valence-corrected chi connectivity index (χ3v) is 1.47. The molecule has 1 fully saturated rings. The van der Waals surface area contributed by atoms with Crippen LogP contribution in [0.15, 0.2) is 0 Å². The van der Waals surface area contributed by atoms with Crippen LogP contribution >= 0.6 is 7.82 Å². The zero-order valence-corrected chi connectivity index (χ0v) is 6.45. The van der Waals surface area contributed by atoms with Gasteiger partial charge in [-0.3, -0.25) is 14.6 Å². The van der Waals surface area contributed by atoms with Crippen LogP contribution in [-0.4, -0.2) is 57.5 Å². The zero-order valence-electron chi connectivity index (χ0n) is 5.55. The fourth-order valence-electron chi connectivity index (χ4n) is 0.610. The van der Waals surface area contributed by atoms with Crippen LogP contribution in [0.5, 0.6) is 0 Å². The van der Waals surface area contributed by atoms with E-state index in [0.717, 1.165) is 0 Å². The van der Waals surface area contributed by atoms with Crippen molar-refractivity contribution in [2.24, 2.45) is 0 Å². The third-order valence-electron chi connectivity index (χ3n) is 0.980.